The fourth-order valence-corrected chi connectivity index (χ4v) is 3.95. The Kier molecular flexibility index (Phi) is 3.35. The summed E-state index contributed by atoms with van der Waals surface area (Å²) < 4.78 is 1.52. The Bertz CT molecular complexity index is 776. The second-order valence-corrected chi connectivity index (χ2v) is 6.21. The first kappa shape index (κ1) is 13.3. The molecule has 0 aliphatic carbocycles. The minimum Gasteiger partial charge on any atom is -0.336 e. The van der Waals surface area contributed by atoms with Gasteiger partial charge < -0.3 is 5.84 Å². The van der Waals surface area contributed by atoms with E-state index in [1.54, 1.807) is 11.3 Å². The Balaban J connectivity index is 2.10. The van der Waals surface area contributed by atoms with E-state index < -0.39 is 0 Å². The minimum absolute atomic E-state index is 0.645. The van der Waals surface area contributed by atoms with E-state index in [0.29, 0.717) is 5.16 Å². The van der Waals surface area contributed by atoms with Crippen molar-refractivity contribution in [1.29, 1.82) is 0 Å². The topological polar surface area (TPSA) is 82.5 Å². The molecule has 0 aliphatic heterocycles. The summed E-state index contributed by atoms with van der Waals surface area (Å²) in [5.41, 5.74) is 1.17. The van der Waals surface area contributed by atoms with Gasteiger partial charge in [0.1, 0.15) is 15.7 Å². The fraction of sp³-hybridized carbons (Fsp3) is 0.333. The smallest absolute Gasteiger partial charge is 0.216 e. The lowest BCUT2D eigenvalue weighted by Crippen LogP contribution is -2.13. The number of nitrogen functional groups attached to an aromatic ring is 1. The standard InChI is InChI=1S/C12H14N6S2/c1-4-8-16-17-12(18(8)13)20-11-9-6(2)5-19-10(9)14-7(3)15-11/h5H,4,13H2,1-3H3. The van der Waals surface area contributed by atoms with Gasteiger partial charge in [-0.25, -0.2) is 14.6 Å². The number of nitrogens with zero attached hydrogens (tertiary/aromatic N) is 5. The van der Waals surface area contributed by atoms with Crippen LogP contribution in [0.3, 0.4) is 0 Å². The summed E-state index contributed by atoms with van der Waals surface area (Å²) in [6.07, 6.45) is 0.750. The van der Waals surface area contributed by atoms with E-state index in [9.17, 15) is 0 Å². The maximum Gasteiger partial charge on any atom is 0.216 e. The van der Waals surface area contributed by atoms with Gasteiger partial charge in [0, 0.05) is 11.8 Å². The molecule has 3 aromatic heterocycles. The number of nitrogens with two attached hydrogens (primary N) is 1. The molecule has 3 heterocycles. The highest BCUT2D eigenvalue weighted by Gasteiger charge is 2.16. The summed E-state index contributed by atoms with van der Waals surface area (Å²) >= 11 is 3.06. The van der Waals surface area contributed by atoms with Gasteiger partial charge in [0.15, 0.2) is 5.82 Å². The van der Waals surface area contributed by atoms with E-state index >= 15 is 0 Å². The molecule has 0 aliphatic rings. The Hall–Kier alpha value is -1.67. The van der Waals surface area contributed by atoms with Gasteiger partial charge in [-0.2, -0.15) is 0 Å². The molecule has 3 aromatic rings. The summed E-state index contributed by atoms with van der Waals surface area (Å²) in [5, 5.41) is 12.9. The highest BCUT2D eigenvalue weighted by Crippen LogP contribution is 2.34. The molecule has 104 valence electrons. The molecular formula is C12H14N6S2. The van der Waals surface area contributed by atoms with Crippen molar-refractivity contribution in [2.75, 3.05) is 5.84 Å². The summed E-state index contributed by atoms with van der Waals surface area (Å²) in [4.78, 5) is 9.99. The average molecular weight is 306 g/mol. The first-order valence-corrected chi connectivity index (χ1v) is 7.89. The molecule has 8 heteroatoms. The molecule has 0 spiro atoms. The van der Waals surface area contributed by atoms with Gasteiger partial charge >= 0.3 is 0 Å². The molecule has 20 heavy (non-hydrogen) atoms. The van der Waals surface area contributed by atoms with Crippen molar-refractivity contribution in [3.8, 4) is 0 Å². The molecule has 0 radical (unpaired) electrons. The predicted molar refractivity (Wildman–Crippen MR) is 80.6 cm³/mol. The van der Waals surface area contributed by atoms with Crippen LogP contribution in [0, 0.1) is 13.8 Å². The van der Waals surface area contributed by atoms with E-state index in [0.717, 1.165) is 33.3 Å². The normalized spacial score (nSPS) is 11.3. The summed E-state index contributed by atoms with van der Waals surface area (Å²) in [6, 6.07) is 0. The molecule has 0 atom stereocenters. The summed E-state index contributed by atoms with van der Waals surface area (Å²) in [7, 11) is 0. The van der Waals surface area contributed by atoms with Crippen LogP contribution in [0.2, 0.25) is 0 Å². The summed E-state index contributed by atoms with van der Waals surface area (Å²) in [5.74, 6) is 7.50. The Labute approximate surface area is 124 Å². The van der Waals surface area contributed by atoms with E-state index in [1.807, 2.05) is 13.8 Å². The third-order valence-corrected chi connectivity index (χ3v) is 4.88. The zero-order valence-corrected chi connectivity index (χ0v) is 13.0. The molecule has 0 saturated heterocycles. The van der Waals surface area contributed by atoms with E-state index in [4.69, 9.17) is 5.84 Å². The number of hydrogen-bond acceptors (Lipinski definition) is 7. The summed E-state index contributed by atoms with van der Waals surface area (Å²) in [6.45, 7) is 5.95. The van der Waals surface area contributed by atoms with Crippen molar-refractivity contribution in [2.45, 2.75) is 37.4 Å². The van der Waals surface area contributed by atoms with Gasteiger partial charge in [0.2, 0.25) is 5.16 Å². The first-order valence-electron chi connectivity index (χ1n) is 6.19. The SMILES string of the molecule is CCc1nnc(Sc2nc(C)nc3scc(C)c23)n1N. The number of fused-ring (bicyclic) bond motifs is 1. The van der Waals surface area contributed by atoms with Crippen LogP contribution in [0.4, 0.5) is 0 Å². The molecule has 0 amide bonds. The third-order valence-electron chi connectivity index (χ3n) is 2.94. The fourth-order valence-electron chi connectivity index (χ4n) is 1.93. The number of thiophene rings is 1. The third kappa shape index (κ3) is 2.14. The van der Waals surface area contributed by atoms with Crippen LogP contribution in [-0.4, -0.2) is 24.8 Å². The highest BCUT2D eigenvalue weighted by molar-refractivity contribution is 7.99. The van der Waals surface area contributed by atoms with Gasteiger partial charge in [-0.15, -0.1) is 21.5 Å². The van der Waals surface area contributed by atoms with Gasteiger partial charge in [0.25, 0.3) is 0 Å². The average Bonchev–Trinajstić information content (AvgIpc) is 2.94. The largest absolute Gasteiger partial charge is 0.336 e. The molecule has 0 fully saturated rings. The van der Waals surface area contributed by atoms with Crippen molar-refractivity contribution < 1.29 is 0 Å². The second-order valence-electron chi connectivity index (χ2n) is 4.40. The van der Waals surface area contributed by atoms with Gasteiger partial charge in [0.05, 0.1) is 0 Å². The molecule has 3 rings (SSSR count). The van der Waals surface area contributed by atoms with Crippen LogP contribution in [0.5, 0.6) is 0 Å². The lowest BCUT2D eigenvalue weighted by atomic mass is 10.3. The number of hydrogen-bond donors (Lipinski definition) is 1. The molecule has 6 nitrogen and oxygen atoms in total. The van der Waals surface area contributed by atoms with Gasteiger partial charge in [-0.3, -0.25) is 0 Å². The van der Waals surface area contributed by atoms with Crippen molar-refractivity contribution >= 4 is 33.3 Å². The second kappa shape index (κ2) is 5.02. The lowest BCUT2D eigenvalue weighted by Gasteiger charge is -2.04. The van der Waals surface area contributed by atoms with Crippen molar-refractivity contribution in [1.82, 2.24) is 24.8 Å². The highest BCUT2D eigenvalue weighted by atomic mass is 32.2. The van der Waals surface area contributed by atoms with Crippen molar-refractivity contribution in [3.63, 3.8) is 0 Å². The van der Waals surface area contributed by atoms with Gasteiger partial charge in [-0.05, 0) is 36.6 Å². The Morgan fingerprint density at radius 1 is 1.30 bits per heavy atom. The number of rotatable bonds is 3. The van der Waals surface area contributed by atoms with Crippen LogP contribution < -0.4 is 5.84 Å². The molecule has 0 saturated carbocycles. The first-order chi connectivity index (χ1) is 9.60. The minimum atomic E-state index is 0.645. The quantitative estimate of drug-likeness (QED) is 0.590. The van der Waals surface area contributed by atoms with Crippen LogP contribution >= 0.6 is 23.1 Å². The molecule has 0 aromatic carbocycles. The molecule has 0 unspecified atom stereocenters. The van der Waals surface area contributed by atoms with Crippen LogP contribution in [0.1, 0.15) is 24.1 Å². The maximum absolute atomic E-state index is 5.99. The molecular weight excluding hydrogens is 292 g/mol. The van der Waals surface area contributed by atoms with Crippen LogP contribution in [0.15, 0.2) is 15.6 Å². The van der Waals surface area contributed by atoms with E-state index in [1.165, 1.54) is 22.0 Å². The predicted octanol–water partition coefficient (Wildman–Crippen LogP) is 2.33. The molecule has 2 N–H and O–H groups in total. The maximum atomic E-state index is 5.99. The monoisotopic (exact) mass is 306 g/mol. The number of aromatic nitrogens is 5. The molecule has 0 bridgehead atoms. The van der Waals surface area contributed by atoms with Crippen molar-refractivity contribution in [3.05, 3.63) is 22.6 Å². The number of aryl methyl sites for hydroxylation is 3. The van der Waals surface area contributed by atoms with Crippen molar-refractivity contribution in [2.24, 2.45) is 0 Å². The zero-order chi connectivity index (χ0) is 14.3. The van der Waals surface area contributed by atoms with E-state index in [-0.39, 0.29) is 0 Å². The van der Waals surface area contributed by atoms with Crippen LogP contribution in [-0.2, 0) is 6.42 Å². The lowest BCUT2D eigenvalue weighted by molar-refractivity contribution is 0.795. The van der Waals surface area contributed by atoms with E-state index in [2.05, 4.69) is 32.5 Å². The Morgan fingerprint density at radius 2 is 2.10 bits per heavy atom. The Morgan fingerprint density at radius 3 is 2.80 bits per heavy atom. The van der Waals surface area contributed by atoms with Crippen LogP contribution in [0.25, 0.3) is 10.2 Å². The zero-order valence-electron chi connectivity index (χ0n) is 11.4. The van der Waals surface area contributed by atoms with Gasteiger partial charge in [-0.1, -0.05) is 6.92 Å².